The van der Waals surface area contributed by atoms with Crippen LogP contribution in [0, 0.1) is 0 Å². The normalized spacial score (nSPS) is 11.4. The van der Waals surface area contributed by atoms with Crippen LogP contribution in [-0.4, -0.2) is 24.6 Å². The van der Waals surface area contributed by atoms with E-state index < -0.39 is 0 Å². The molecule has 6 nitrogen and oxygen atoms in total. The van der Waals surface area contributed by atoms with E-state index in [1.54, 1.807) is 29.4 Å². The number of fused-ring (bicyclic) bond motifs is 4. The van der Waals surface area contributed by atoms with Gasteiger partial charge in [-0.05, 0) is 30.3 Å². The molecule has 5 aromatic rings. The molecule has 0 saturated carbocycles. The first-order chi connectivity index (χ1) is 12.3. The second kappa shape index (κ2) is 5.39. The van der Waals surface area contributed by atoms with Crippen LogP contribution in [0.1, 0.15) is 0 Å². The van der Waals surface area contributed by atoms with Crippen LogP contribution in [0.2, 0.25) is 5.02 Å². The summed E-state index contributed by atoms with van der Waals surface area (Å²) in [4.78, 5) is 13.1. The molecule has 0 radical (unpaired) electrons. The fourth-order valence-electron chi connectivity index (χ4n) is 2.95. The number of hydrogen-bond acceptors (Lipinski definition) is 5. The van der Waals surface area contributed by atoms with Gasteiger partial charge in [-0.2, -0.15) is 5.10 Å². The number of anilines is 2. The summed E-state index contributed by atoms with van der Waals surface area (Å²) in [6.07, 6.45) is 6.90. The molecule has 4 heterocycles. The van der Waals surface area contributed by atoms with Gasteiger partial charge in [-0.15, -0.1) is 0 Å². The lowest BCUT2D eigenvalue weighted by molar-refractivity contribution is 0.938. The number of hydrogen-bond donors (Lipinski definition) is 1. The van der Waals surface area contributed by atoms with Crippen molar-refractivity contribution in [3.8, 4) is 0 Å². The Morgan fingerprint density at radius 1 is 1.00 bits per heavy atom. The maximum absolute atomic E-state index is 6.12. The summed E-state index contributed by atoms with van der Waals surface area (Å²) in [5, 5.41) is 9.71. The van der Waals surface area contributed by atoms with Gasteiger partial charge in [0.2, 0.25) is 0 Å². The van der Waals surface area contributed by atoms with E-state index in [2.05, 4.69) is 20.4 Å². The molecular weight excluding hydrogens is 336 g/mol. The number of aromatic nitrogens is 5. The molecule has 1 aromatic carbocycles. The molecule has 0 bridgehead atoms. The third-order valence-electron chi connectivity index (χ3n) is 4.05. The molecule has 0 unspecified atom stereocenters. The Kier molecular flexibility index (Phi) is 3.05. The van der Waals surface area contributed by atoms with Crippen molar-refractivity contribution in [2.24, 2.45) is 0 Å². The van der Waals surface area contributed by atoms with Crippen molar-refractivity contribution in [3.63, 3.8) is 0 Å². The molecule has 1 N–H and O–H groups in total. The highest BCUT2D eigenvalue weighted by Crippen LogP contribution is 2.34. The Morgan fingerprint density at radius 3 is 2.84 bits per heavy atom. The lowest BCUT2D eigenvalue weighted by atomic mass is 10.1. The van der Waals surface area contributed by atoms with Gasteiger partial charge in [-0.3, -0.25) is 4.98 Å². The average molecular weight is 347 g/mol. The molecule has 0 amide bonds. The first-order valence-corrected chi connectivity index (χ1v) is 8.06. The van der Waals surface area contributed by atoms with Gasteiger partial charge in [0.25, 0.3) is 0 Å². The minimum Gasteiger partial charge on any atom is -0.353 e. The topological polar surface area (TPSA) is 68.0 Å². The largest absolute Gasteiger partial charge is 0.353 e. The Morgan fingerprint density at radius 2 is 1.92 bits per heavy atom. The van der Waals surface area contributed by atoms with E-state index in [4.69, 9.17) is 16.6 Å². The number of halogens is 1. The van der Waals surface area contributed by atoms with Crippen LogP contribution in [0.15, 0.2) is 61.3 Å². The minimum atomic E-state index is 0.667. The molecule has 4 aromatic heterocycles. The van der Waals surface area contributed by atoms with Gasteiger partial charge < -0.3 is 5.32 Å². The molecule has 0 aliphatic rings. The van der Waals surface area contributed by atoms with Crippen LogP contribution in [-0.2, 0) is 0 Å². The molecule has 120 valence electrons. The standard InChI is InChI=1S/C18H11ClN6/c19-11-2-1-3-12(8-11)22-16-13-4-6-20-9-14(13)23-17-15-5-7-21-10-25(15)24-18(16)17/h1-10,22H. The highest BCUT2D eigenvalue weighted by molar-refractivity contribution is 6.30. The smallest absolute Gasteiger partial charge is 0.136 e. The fourth-order valence-corrected chi connectivity index (χ4v) is 3.14. The van der Waals surface area contributed by atoms with Crippen LogP contribution < -0.4 is 5.32 Å². The van der Waals surface area contributed by atoms with Crippen LogP contribution >= 0.6 is 11.6 Å². The lowest BCUT2D eigenvalue weighted by Crippen LogP contribution is -1.95. The van der Waals surface area contributed by atoms with Crippen molar-refractivity contribution in [2.45, 2.75) is 0 Å². The lowest BCUT2D eigenvalue weighted by Gasteiger charge is -2.10. The van der Waals surface area contributed by atoms with Crippen molar-refractivity contribution >= 4 is 50.4 Å². The van der Waals surface area contributed by atoms with Crippen LogP contribution in [0.5, 0.6) is 0 Å². The predicted octanol–water partition coefficient (Wildman–Crippen LogP) is 4.22. The Hall–Kier alpha value is -3.25. The molecule has 5 rings (SSSR count). The van der Waals surface area contributed by atoms with Crippen LogP contribution in [0.3, 0.4) is 0 Å². The van der Waals surface area contributed by atoms with E-state index >= 15 is 0 Å². The van der Waals surface area contributed by atoms with Gasteiger partial charge in [0.1, 0.15) is 17.4 Å². The Bertz CT molecular complexity index is 1250. The highest BCUT2D eigenvalue weighted by atomic mass is 35.5. The summed E-state index contributed by atoms with van der Waals surface area (Å²) >= 11 is 6.12. The predicted molar refractivity (Wildman–Crippen MR) is 98.3 cm³/mol. The maximum Gasteiger partial charge on any atom is 0.136 e. The van der Waals surface area contributed by atoms with Crippen molar-refractivity contribution in [3.05, 3.63) is 66.3 Å². The first kappa shape index (κ1) is 14.1. The average Bonchev–Trinajstić information content (AvgIpc) is 3.00. The number of benzene rings is 1. The number of nitrogens with zero attached hydrogens (tertiary/aromatic N) is 5. The summed E-state index contributed by atoms with van der Waals surface area (Å²) in [5.41, 5.74) is 5.01. The van der Waals surface area contributed by atoms with Crippen molar-refractivity contribution in [1.29, 1.82) is 0 Å². The van der Waals surface area contributed by atoms with Crippen LogP contribution in [0.25, 0.3) is 27.5 Å². The molecule has 0 aliphatic heterocycles. The summed E-state index contributed by atoms with van der Waals surface area (Å²) in [7, 11) is 0. The Balaban J connectivity index is 1.86. The van der Waals surface area contributed by atoms with Crippen LogP contribution in [0.4, 0.5) is 11.4 Å². The molecular formula is C18H11ClN6. The first-order valence-electron chi connectivity index (χ1n) is 7.68. The number of rotatable bonds is 2. The van der Waals surface area contributed by atoms with E-state index in [1.165, 1.54) is 0 Å². The van der Waals surface area contributed by atoms with E-state index in [0.717, 1.165) is 38.8 Å². The zero-order valence-corrected chi connectivity index (χ0v) is 13.6. The van der Waals surface area contributed by atoms with E-state index in [9.17, 15) is 0 Å². The van der Waals surface area contributed by atoms with Gasteiger partial charge in [-0.1, -0.05) is 17.7 Å². The van der Waals surface area contributed by atoms with Crippen molar-refractivity contribution < 1.29 is 0 Å². The van der Waals surface area contributed by atoms with E-state index in [-0.39, 0.29) is 0 Å². The van der Waals surface area contributed by atoms with Gasteiger partial charge in [-0.25, -0.2) is 14.5 Å². The van der Waals surface area contributed by atoms with Gasteiger partial charge in [0.05, 0.1) is 22.9 Å². The van der Waals surface area contributed by atoms with Crippen molar-refractivity contribution in [1.82, 2.24) is 24.6 Å². The third kappa shape index (κ3) is 2.27. The second-order valence-corrected chi connectivity index (χ2v) is 6.06. The second-order valence-electron chi connectivity index (χ2n) is 5.62. The summed E-state index contributed by atoms with van der Waals surface area (Å²) in [6.45, 7) is 0. The molecule has 0 atom stereocenters. The maximum atomic E-state index is 6.12. The fraction of sp³-hybridized carbons (Fsp3) is 0. The molecule has 0 aliphatic carbocycles. The summed E-state index contributed by atoms with van der Waals surface area (Å²) in [5.74, 6) is 0. The van der Waals surface area contributed by atoms with E-state index in [0.29, 0.717) is 5.02 Å². The van der Waals surface area contributed by atoms with E-state index in [1.807, 2.05) is 36.4 Å². The zero-order chi connectivity index (χ0) is 16.8. The minimum absolute atomic E-state index is 0.667. The van der Waals surface area contributed by atoms with Gasteiger partial charge >= 0.3 is 0 Å². The number of nitrogens with one attached hydrogen (secondary N) is 1. The quantitative estimate of drug-likeness (QED) is 0.518. The van der Waals surface area contributed by atoms with Gasteiger partial charge in [0.15, 0.2) is 0 Å². The summed E-state index contributed by atoms with van der Waals surface area (Å²) in [6, 6.07) is 11.4. The highest BCUT2D eigenvalue weighted by Gasteiger charge is 2.15. The molecule has 7 heteroatoms. The summed E-state index contributed by atoms with van der Waals surface area (Å²) < 4.78 is 1.73. The number of pyridine rings is 2. The molecule has 0 spiro atoms. The monoisotopic (exact) mass is 346 g/mol. The molecule has 25 heavy (non-hydrogen) atoms. The third-order valence-corrected chi connectivity index (χ3v) is 4.28. The van der Waals surface area contributed by atoms with Crippen molar-refractivity contribution in [2.75, 3.05) is 5.32 Å². The Labute approximate surface area is 147 Å². The zero-order valence-electron chi connectivity index (χ0n) is 12.9. The molecule has 0 fully saturated rings. The van der Waals surface area contributed by atoms with Gasteiger partial charge in [0, 0.05) is 28.5 Å². The SMILES string of the molecule is Clc1cccc(Nc2c3ccncc3nc3c2nn2cnccc32)c1. The molecule has 0 saturated heterocycles.